The Hall–Kier alpha value is -1.78. The summed E-state index contributed by atoms with van der Waals surface area (Å²) in [6.45, 7) is 8.52. The summed E-state index contributed by atoms with van der Waals surface area (Å²) in [6, 6.07) is 4.31. The minimum absolute atomic E-state index is 0.359. The second kappa shape index (κ2) is 7.86. The van der Waals surface area contributed by atoms with E-state index in [4.69, 9.17) is 4.74 Å². The van der Waals surface area contributed by atoms with Crippen molar-refractivity contribution in [3.8, 4) is 5.88 Å². The average molecular weight is 290 g/mol. The predicted molar refractivity (Wildman–Crippen MR) is 85.5 cm³/mol. The number of guanidine groups is 1. The number of nitrogens with one attached hydrogen (secondary N) is 2. The Balaban J connectivity index is 1.91. The van der Waals surface area contributed by atoms with Gasteiger partial charge in [-0.05, 0) is 51.2 Å². The lowest BCUT2D eigenvalue weighted by Crippen LogP contribution is -2.40. The maximum atomic E-state index is 5.70. The molecule has 1 heterocycles. The van der Waals surface area contributed by atoms with Gasteiger partial charge in [-0.1, -0.05) is 0 Å². The Kier molecular flexibility index (Phi) is 5.84. The molecule has 0 bridgehead atoms. The van der Waals surface area contributed by atoms with Gasteiger partial charge in [0.05, 0.1) is 13.2 Å². The molecule has 2 N–H and O–H groups in total. The van der Waals surface area contributed by atoms with E-state index in [-0.39, 0.29) is 0 Å². The Morgan fingerprint density at radius 3 is 2.95 bits per heavy atom. The Bertz CT molecular complexity index is 469. The standard InChI is InChI=1S/C16H26N4O/c1-4-17-16(20-12(2)3)19-10-14-7-8-18-15(9-14)21-11-13-5-6-13/h7-9,12-13H,4-6,10-11H2,1-3H3,(H2,17,19,20). The molecule has 0 amide bonds. The number of hydrogen-bond donors (Lipinski definition) is 2. The van der Waals surface area contributed by atoms with E-state index in [1.165, 1.54) is 12.8 Å². The molecule has 5 heteroatoms. The van der Waals surface area contributed by atoms with Crippen molar-refractivity contribution in [1.82, 2.24) is 15.6 Å². The molecule has 1 fully saturated rings. The fourth-order valence-electron chi connectivity index (χ4n) is 1.88. The average Bonchev–Trinajstić information content (AvgIpc) is 3.27. The summed E-state index contributed by atoms with van der Waals surface area (Å²) in [4.78, 5) is 8.83. The van der Waals surface area contributed by atoms with Crippen molar-refractivity contribution in [2.45, 2.75) is 46.2 Å². The molecule has 1 aromatic rings. The van der Waals surface area contributed by atoms with Crippen LogP contribution in [0, 0.1) is 5.92 Å². The van der Waals surface area contributed by atoms with Gasteiger partial charge in [0, 0.05) is 24.8 Å². The van der Waals surface area contributed by atoms with Gasteiger partial charge in [0.2, 0.25) is 5.88 Å². The van der Waals surface area contributed by atoms with Gasteiger partial charge in [-0.25, -0.2) is 9.98 Å². The first-order chi connectivity index (χ1) is 10.2. The summed E-state index contributed by atoms with van der Waals surface area (Å²) in [5, 5.41) is 6.55. The van der Waals surface area contributed by atoms with Crippen LogP contribution < -0.4 is 15.4 Å². The Labute approximate surface area is 127 Å². The first kappa shape index (κ1) is 15.6. The zero-order valence-corrected chi connectivity index (χ0v) is 13.2. The van der Waals surface area contributed by atoms with Crippen LogP contribution in [0.15, 0.2) is 23.3 Å². The van der Waals surface area contributed by atoms with Crippen molar-refractivity contribution in [1.29, 1.82) is 0 Å². The summed E-state index contributed by atoms with van der Waals surface area (Å²) in [6.07, 6.45) is 4.36. The van der Waals surface area contributed by atoms with E-state index in [0.717, 1.165) is 30.6 Å². The van der Waals surface area contributed by atoms with E-state index < -0.39 is 0 Å². The van der Waals surface area contributed by atoms with E-state index in [2.05, 4.69) is 41.4 Å². The molecule has 1 aliphatic carbocycles. The van der Waals surface area contributed by atoms with E-state index in [1.54, 1.807) is 6.20 Å². The third-order valence-corrected chi connectivity index (χ3v) is 3.15. The van der Waals surface area contributed by atoms with Crippen molar-refractivity contribution in [2.75, 3.05) is 13.2 Å². The molecule has 0 saturated heterocycles. The van der Waals surface area contributed by atoms with Crippen molar-refractivity contribution in [2.24, 2.45) is 10.9 Å². The van der Waals surface area contributed by atoms with Crippen LogP contribution in [0.25, 0.3) is 0 Å². The zero-order valence-electron chi connectivity index (χ0n) is 13.2. The van der Waals surface area contributed by atoms with Crippen molar-refractivity contribution in [3.63, 3.8) is 0 Å². The lowest BCUT2D eigenvalue weighted by Gasteiger charge is -2.14. The van der Waals surface area contributed by atoms with Crippen molar-refractivity contribution < 1.29 is 4.74 Å². The number of ether oxygens (including phenoxy) is 1. The van der Waals surface area contributed by atoms with Crippen LogP contribution in [0.5, 0.6) is 5.88 Å². The van der Waals surface area contributed by atoms with Crippen LogP contribution in [0.2, 0.25) is 0 Å². The second-order valence-corrected chi connectivity index (χ2v) is 5.75. The van der Waals surface area contributed by atoms with E-state index in [0.29, 0.717) is 18.5 Å². The molecule has 1 aliphatic rings. The van der Waals surface area contributed by atoms with Crippen molar-refractivity contribution >= 4 is 5.96 Å². The minimum atomic E-state index is 0.359. The maximum Gasteiger partial charge on any atom is 0.213 e. The van der Waals surface area contributed by atoms with Gasteiger partial charge in [-0.15, -0.1) is 0 Å². The lowest BCUT2D eigenvalue weighted by atomic mass is 10.3. The number of nitrogens with zero attached hydrogens (tertiary/aromatic N) is 2. The molecular weight excluding hydrogens is 264 g/mol. The normalized spacial score (nSPS) is 15.1. The highest BCUT2D eigenvalue weighted by molar-refractivity contribution is 5.79. The maximum absolute atomic E-state index is 5.70. The third-order valence-electron chi connectivity index (χ3n) is 3.15. The quantitative estimate of drug-likeness (QED) is 0.598. The van der Waals surface area contributed by atoms with Crippen molar-refractivity contribution in [3.05, 3.63) is 23.9 Å². The van der Waals surface area contributed by atoms with E-state index in [9.17, 15) is 0 Å². The molecule has 0 aliphatic heterocycles. The van der Waals surface area contributed by atoms with E-state index >= 15 is 0 Å². The van der Waals surface area contributed by atoms with Gasteiger partial charge in [0.25, 0.3) is 0 Å². The Morgan fingerprint density at radius 1 is 1.48 bits per heavy atom. The number of pyridine rings is 1. The summed E-state index contributed by atoms with van der Waals surface area (Å²) < 4.78 is 5.70. The number of hydrogen-bond acceptors (Lipinski definition) is 3. The van der Waals surface area contributed by atoms with Gasteiger partial charge < -0.3 is 15.4 Å². The zero-order chi connectivity index (χ0) is 15.1. The monoisotopic (exact) mass is 290 g/mol. The van der Waals surface area contributed by atoms with Crippen LogP contribution in [0.4, 0.5) is 0 Å². The molecule has 0 radical (unpaired) electrons. The first-order valence-corrected chi connectivity index (χ1v) is 7.80. The molecule has 1 aromatic heterocycles. The number of aliphatic imine (C=N–C) groups is 1. The van der Waals surface area contributed by atoms with Gasteiger partial charge in [-0.2, -0.15) is 0 Å². The molecular formula is C16H26N4O. The topological polar surface area (TPSA) is 58.5 Å². The van der Waals surface area contributed by atoms with Gasteiger partial charge in [0.1, 0.15) is 0 Å². The van der Waals surface area contributed by atoms with E-state index in [1.807, 2.05) is 12.1 Å². The largest absolute Gasteiger partial charge is 0.477 e. The fourth-order valence-corrected chi connectivity index (χ4v) is 1.88. The van der Waals surface area contributed by atoms with Crippen LogP contribution >= 0.6 is 0 Å². The highest BCUT2D eigenvalue weighted by Gasteiger charge is 2.22. The number of aromatic nitrogens is 1. The minimum Gasteiger partial charge on any atom is -0.477 e. The fraction of sp³-hybridized carbons (Fsp3) is 0.625. The summed E-state index contributed by atoms with van der Waals surface area (Å²) in [7, 11) is 0. The smallest absolute Gasteiger partial charge is 0.213 e. The molecule has 2 rings (SSSR count). The predicted octanol–water partition coefficient (Wildman–Crippen LogP) is 2.33. The van der Waals surface area contributed by atoms with Crippen LogP contribution in [-0.2, 0) is 6.54 Å². The Morgan fingerprint density at radius 2 is 2.29 bits per heavy atom. The lowest BCUT2D eigenvalue weighted by molar-refractivity contribution is 0.288. The molecule has 0 aromatic carbocycles. The second-order valence-electron chi connectivity index (χ2n) is 5.75. The highest BCUT2D eigenvalue weighted by Crippen LogP contribution is 2.29. The van der Waals surface area contributed by atoms with Gasteiger partial charge >= 0.3 is 0 Å². The highest BCUT2D eigenvalue weighted by atomic mass is 16.5. The molecule has 1 saturated carbocycles. The van der Waals surface area contributed by atoms with Crippen LogP contribution in [0.3, 0.4) is 0 Å². The molecule has 116 valence electrons. The molecule has 0 spiro atoms. The third kappa shape index (κ3) is 6.02. The summed E-state index contributed by atoms with van der Waals surface area (Å²) in [5.74, 6) is 2.28. The molecule has 5 nitrogen and oxygen atoms in total. The van der Waals surface area contributed by atoms with Crippen LogP contribution in [-0.4, -0.2) is 30.1 Å². The molecule has 21 heavy (non-hydrogen) atoms. The SMILES string of the molecule is CCNC(=NCc1ccnc(OCC2CC2)c1)NC(C)C. The van der Waals surface area contributed by atoms with Crippen LogP contribution in [0.1, 0.15) is 39.2 Å². The number of rotatable bonds is 7. The summed E-state index contributed by atoms with van der Waals surface area (Å²) >= 11 is 0. The first-order valence-electron chi connectivity index (χ1n) is 7.80. The van der Waals surface area contributed by atoms with Gasteiger partial charge in [0.15, 0.2) is 5.96 Å². The van der Waals surface area contributed by atoms with Gasteiger partial charge in [-0.3, -0.25) is 0 Å². The molecule has 0 unspecified atom stereocenters. The summed E-state index contributed by atoms with van der Waals surface area (Å²) in [5.41, 5.74) is 1.11. The molecule has 0 atom stereocenters.